The third-order valence-electron chi connectivity index (χ3n) is 5.56. The molecule has 30 heavy (non-hydrogen) atoms. The van der Waals surface area contributed by atoms with Crippen molar-refractivity contribution in [3.63, 3.8) is 0 Å². The van der Waals surface area contributed by atoms with Crippen LogP contribution in [0.5, 0.6) is 5.75 Å². The number of aromatic amines is 1. The third-order valence-corrected chi connectivity index (χ3v) is 5.56. The van der Waals surface area contributed by atoms with Gasteiger partial charge < -0.3 is 19.5 Å². The van der Waals surface area contributed by atoms with Gasteiger partial charge in [-0.15, -0.1) is 0 Å². The Bertz CT molecular complexity index is 1120. The zero-order valence-corrected chi connectivity index (χ0v) is 17.4. The number of piperidine rings is 1. The first-order valence-corrected chi connectivity index (χ1v) is 9.97. The second-order valence-corrected chi connectivity index (χ2v) is 7.71. The number of benzene rings is 1. The Hall–Kier alpha value is -3.42. The molecule has 1 aromatic carbocycles. The molecule has 1 amide bonds. The highest BCUT2D eigenvalue weighted by atomic mass is 16.5. The number of likely N-dealkylation sites (tertiary alicyclic amines) is 1. The van der Waals surface area contributed by atoms with Gasteiger partial charge in [-0.05, 0) is 43.2 Å². The molecule has 0 bridgehead atoms. The van der Waals surface area contributed by atoms with Crippen LogP contribution in [0.4, 0.5) is 5.95 Å². The second-order valence-electron chi connectivity index (χ2n) is 7.71. The molecule has 156 valence electrons. The van der Waals surface area contributed by atoms with E-state index in [9.17, 15) is 9.59 Å². The molecule has 1 aliphatic heterocycles. The number of hydrogen-bond donors (Lipinski definition) is 1. The molecule has 0 spiro atoms. The minimum atomic E-state index is -0.176. The number of methoxy groups -OCH3 is 1. The molecule has 0 aliphatic carbocycles. The SMILES string of the molecule is COc1ccc(C(=O)N2CCC(c3cc4nc(N(C)C)ncc4c(=O)[nH]3)CC2)cc1. The van der Waals surface area contributed by atoms with Crippen molar-refractivity contribution < 1.29 is 9.53 Å². The molecule has 3 aromatic rings. The third kappa shape index (κ3) is 3.85. The number of carbonyl (C=O) groups excluding carboxylic acids is 1. The van der Waals surface area contributed by atoms with E-state index in [-0.39, 0.29) is 17.4 Å². The largest absolute Gasteiger partial charge is 0.497 e. The summed E-state index contributed by atoms with van der Waals surface area (Å²) in [5, 5.41) is 0.483. The number of hydrogen-bond acceptors (Lipinski definition) is 6. The van der Waals surface area contributed by atoms with E-state index in [1.807, 2.05) is 30.0 Å². The second kappa shape index (κ2) is 8.14. The summed E-state index contributed by atoms with van der Waals surface area (Å²) in [4.78, 5) is 40.7. The van der Waals surface area contributed by atoms with Crippen LogP contribution in [-0.2, 0) is 0 Å². The van der Waals surface area contributed by atoms with Gasteiger partial charge in [0.05, 0.1) is 18.0 Å². The minimum Gasteiger partial charge on any atom is -0.497 e. The van der Waals surface area contributed by atoms with Crippen molar-refractivity contribution >= 4 is 22.8 Å². The van der Waals surface area contributed by atoms with Crippen molar-refractivity contribution in [2.45, 2.75) is 18.8 Å². The van der Waals surface area contributed by atoms with E-state index < -0.39 is 0 Å². The van der Waals surface area contributed by atoms with Gasteiger partial charge in [0.2, 0.25) is 5.95 Å². The summed E-state index contributed by atoms with van der Waals surface area (Å²) < 4.78 is 5.15. The van der Waals surface area contributed by atoms with Crippen molar-refractivity contribution in [3.8, 4) is 5.75 Å². The first kappa shape index (κ1) is 19.9. The maximum Gasteiger partial charge on any atom is 0.259 e. The molecule has 0 radical (unpaired) electrons. The average molecular weight is 407 g/mol. The molecular formula is C22H25N5O3. The Labute approximate surface area is 174 Å². The number of H-pyrrole nitrogens is 1. The van der Waals surface area contributed by atoms with Crippen LogP contribution in [0.15, 0.2) is 41.3 Å². The van der Waals surface area contributed by atoms with Gasteiger partial charge in [-0.1, -0.05) is 0 Å². The van der Waals surface area contributed by atoms with Gasteiger partial charge in [0.15, 0.2) is 0 Å². The smallest absolute Gasteiger partial charge is 0.259 e. The zero-order valence-electron chi connectivity index (χ0n) is 17.4. The van der Waals surface area contributed by atoms with Gasteiger partial charge in [-0.25, -0.2) is 9.97 Å². The summed E-state index contributed by atoms with van der Waals surface area (Å²) in [6.07, 6.45) is 3.14. The molecule has 0 unspecified atom stereocenters. The van der Waals surface area contributed by atoms with Crippen LogP contribution in [0.3, 0.4) is 0 Å². The lowest BCUT2D eigenvalue weighted by Crippen LogP contribution is -2.38. The number of aromatic nitrogens is 3. The van der Waals surface area contributed by atoms with Crippen molar-refractivity contribution in [1.29, 1.82) is 0 Å². The number of rotatable bonds is 4. The summed E-state index contributed by atoms with van der Waals surface area (Å²) in [7, 11) is 5.33. The highest BCUT2D eigenvalue weighted by Crippen LogP contribution is 2.28. The van der Waals surface area contributed by atoms with Crippen molar-refractivity contribution in [3.05, 3.63) is 58.1 Å². The predicted octanol–water partition coefficient (Wildman–Crippen LogP) is 2.41. The number of anilines is 1. The fourth-order valence-corrected chi connectivity index (χ4v) is 3.80. The van der Waals surface area contributed by atoms with Gasteiger partial charge >= 0.3 is 0 Å². The number of nitrogens with zero attached hydrogens (tertiary/aromatic N) is 4. The molecule has 8 nitrogen and oxygen atoms in total. The molecular weight excluding hydrogens is 382 g/mol. The standard InChI is InChI=1S/C22H25N5O3/c1-26(2)22-23-13-17-19(25-22)12-18(24-20(17)28)14-8-10-27(11-9-14)21(29)15-4-6-16(30-3)7-5-15/h4-7,12-14H,8-11H2,1-3H3,(H,24,28). The molecule has 4 rings (SSSR count). The summed E-state index contributed by atoms with van der Waals surface area (Å²) in [5.74, 6) is 1.50. The van der Waals surface area contributed by atoms with Crippen LogP contribution in [0.1, 0.15) is 34.8 Å². The Morgan fingerprint density at radius 2 is 1.90 bits per heavy atom. The molecule has 8 heteroatoms. The highest BCUT2D eigenvalue weighted by molar-refractivity contribution is 5.94. The van der Waals surface area contributed by atoms with E-state index in [4.69, 9.17) is 4.74 Å². The Morgan fingerprint density at radius 3 is 2.53 bits per heavy atom. The van der Waals surface area contributed by atoms with E-state index in [2.05, 4.69) is 15.0 Å². The maximum atomic E-state index is 12.8. The molecule has 0 saturated carbocycles. The number of nitrogens with one attached hydrogen (secondary N) is 1. The number of fused-ring (bicyclic) bond motifs is 1. The van der Waals surface area contributed by atoms with Crippen molar-refractivity contribution in [2.75, 3.05) is 39.2 Å². The molecule has 1 saturated heterocycles. The predicted molar refractivity (Wildman–Crippen MR) is 115 cm³/mol. The minimum absolute atomic E-state index is 0.0199. The van der Waals surface area contributed by atoms with Crippen LogP contribution in [0, 0.1) is 0 Å². The molecule has 2 aromatic heterocycles. The number of pyridine rings is 1. The first-order valence-electron chi connectivity index (χ1n) is 9.97. The lowest BCUT2D eigenvalue weighted by atomic mass is 9.92. The number of ether oxygens (including phenoxy) is 1. The molecule has 1 fully saturated rings. The van der Waals surface area contributed by atoms with Gasteiger partial charge in [0.25, 0.3) is 11.5 Å². The van der Waals surface area contributed by atoms with E-state index in [0.29, 0.717) is 35.5 Å². The van der Waals surface area contributed by atoms with E-state index >= 15 is 0 Å². The van der Waals surface area contributed by atoms with Crippen LogP contribution in [-0.4, -0.2) is 60.1 Å². The molecule has 3 heterocycles. The van der Waals surface area contributed by atoms with Crippen molar-refractivity contribution in [1.82, 2.24) is 19.9 Å². The van der Waals surface area contributed by atoms with Crippen LogP contribution >= 0.6 is 0 Å². The average Bonchev–Trinajstić information content (AvgIpc) is 2.78. The molecule has 1 N–H and O–H groups in total. The normalized spacial score (nSPS) is 14.7. The monoisotopic (exact) mass is 407 g/mol. The summed E-state index contributed by atoms with van der Waals surface area (Å²) in [6.45, 7) is 1.28. The topological polar surface area (TPSA) is 91.4 Å². The fourth-order valence-electron chi connectivity index (χ4n) is 3.80. The molecule has 0 atom stereocenters. The quantitative estimate of drug-likeness (QED) is 0.714. The van der Waals surface area contributed by atoms with Gasteiger partial charge in [-0.2, -0.15) is 0 Å². The van der Waals surface area contributed by atoms with Gasteiger partial charge in [0, 0.05) is 50.6 Å². The summed E-state index contributed by atoms with van der Waals surface area (Å²) in [5.41, 5.74) is 1.99. The van der Waals surface area contributed by atoms with Crippen LogP contribution in [0.2, 0.25) is 0 Å². The lowest BCUT2D eigenvalue weighted by Gasteiger charge is -2.32. The number of amides is 1. The van der Waals surface area contributed by atoms with Crippen molar-refractivity contribution in [2.24, 2.45) is 0 Å². The fraction of sp³-hybridized carbons (Fsp3) is 0.364. The van der Waals surface area contributed by atoms with Gasteiger partial charge in [-0.3, -0.25) is 9.59 Å². The van der Waals surface area contributed by atoms with Crippen LogP contribution < -0.4 is 15.2 Å². The Morgan fingerprint density at radius 1 is 1.20 bits per heavy atom. The molecule has 1 aliphatic rings. The highest BCUT2D eigenvalue weighted by Gasteiger charge is 2.25. The first-order chi connectivity index (χ1) is 14.5. The lowest BCUT2D eigenvalue weighted by molar-refractivity contribution is 0.0712. The zero-order chi connectivity index (χ0) is 21.3. The summed E-state index contributed by atoms with van der Waals surface area (Å²) >= 11 is 0. The Balaban J connectivity index is 1.50. The van der Waals surface area contributed by atoms with Crippen LogP contribution in [0.25, 0.3) is 10.9 Å². The summed E-state index contributed by atoms with van der Waals surface area (Å²) in [6, 6.07) is 9.11. The maximum absolute atomic E-state index is 12.8. The Kier molecular flexibility index (Phi) is 5.39. The van der Waals surface area contributed by atoms with E-state index in [0.717, 1.165) is 24.3 Å². The number of carbonyl (C=O) groups is 1. The van der Waals surface area contributed by atoms with Gasteiger partial charge in [0.1, 0.15) is 5.75 Å². The van der Waals surface area contributed by atoms with E-state index in [1.54, 1.807) is 37.6 Å². The van der Waals surface area contributed by atoms with E-state index in [1.165, 1.54) is 0 Å².